The Hall–Kier alpha value is -1.88. The van der Waals surface area contributed by atoms with Crippen LogP contribution in [0.5, 0.6) is 0 Å². The van der Waals surface area contributed by atoms with Gasteiger partial charge in [-0.25, -0.2) is 0 Å². The Kier molecular flexibility index (Phi) is 6.73. The molecule has 1 aromatic rings. The smallest absolute Gasteiger partial charge is 0.234 e. The number of benzene rings is 1. The molecule has 3 N–H and O–H groups in total. The predicted molar refractivity (Wildman–Crippen MR) is 79.3 cm³/mol. The van der Waals surface area contributed by atoms with Gasteiger partial charge in [-0.05, 0) is 18.9 Å². The van der Waals surface area contributed by atoms with Gasteiger partial charge in [-0.15, -0.1) is 0 Å². The molecule has 5 heteroatoms. The van der Waals surface area contributed by atoms with Crippen molar-refractivity contribution in [3.05, 3.63) is 35.4 Å². The van der Waals surface area contributed by atoms with Crippen molar-refractivity contribution in [1.82, 2.24) is 16.0 Å². The lowest BCUT2D eigenvalue weighted by Gasteiger charge is -2.18. The molecule has 0 saturated heterocycles. The number of amides is 2. The van der Waals surface area contributed by atoms with E-state index >= 15 is 0 Å². The number of aryl methyl sites for hydroxylation is 1. The molecule has 0 unspecified atom stereocenters. The Morgan fingerprint density at radius 3 is 2.25 bits per heavy atom. The molecule has 0 bridgehead atoms. The van der Waals surface area contributed by atoms with E-state index in [9.17, 15) is 9.59 Å². The topological polar surface area (TPSA) is 70.2 Å². The minimum absolute atomic E-state index is 0.00454. The number of likely N-dealkylation sites (N-methyl/N-ethyl adjacent to an activating group) is 1. The van der Waals surface area contributed by atoms with Gasteiger partial charge >= 0.3 is 0 Å². The number of rotatable bonds is 7. The number of hydrogen-bond donors (Lipinski definition) is 3. The van der Waals surface area contributed by atoms with Crippen molar-refractivity contribution in [2.75, 3.05) is 20.1 Å². The van der Waals surface area contributed by atoms with Crippen LogP contribution in [0.25, 0.3) is 0 Å². The molecule has 0 aliphatic rings. The van der Waals surface area contributed by atoms with Gasteiger partial charge in [0, 0.05) is 7.05 Å². The molecule has 0 aliphatic heterocycles. The van der Waals surface area contributed by atoms with Gasteiger partial charge in [0.2, 0.25) is 11.8 Å². The molecule has 0 saturated carbocycles. The van der Waals surface area contributed by atoms with Crippen molar-refractivity contribution >= 4 is 11.8 Å². The maximum atomic E-state index is 11.8. The van der Waals surface area contributed by atoms with E-state index in [4.69, 9.17) is 0 Å². The second-order valence-electron chi connectivity index (χ2n) is 4.72. The molecule has 1 atom stereocenters. The molecule has 1 aromatic carbocycles. The summed E-state index contributed by atoms with van der Waals surface area (Å²) in [5.41, 5.74) is 2.29. The van der Waals surface area contributed by atoms with Crippen molar-refractivity contribution in [1.29, 1.82) is 0 Å². The molecule has 0 heterocycles. The lowest BCUT2D eigenvalue weighted by molar-refractivity contribution is -0.121. The Morgan fingerprint density at radius 1 is 1.10 bits per heavy atom. The predicted octanol–water partition coefficient (Wildman–Crippen LogP) is 0.898. The van der Waals surface area contributed by atoms with E-state index in [0.717, 1.165) is 12.0 Å². The van der Waals surface area contributed by atoms with Gasteiger partial charge in [-0.2, -0.15) is 0 Å². The summed E-state index contributed by atoms with van der Waals surface area (Å²) < 4.78 is 0. The van der Waals surface area contributed by atoms with Crippen LogP contribution in [0.15, 0.2) is 24.3 Å². The Morgan fingerprint density at radius 2 is 1.70 bits per heavy atom. The number of carbonyl (C=O) groups is 2. The maximum absolute atomic E-state index is 11.8. The average molecular weight is 277 g/mol. The van der Waals surface area contributed by atoms with E-state index < -0.39 is 0 Å². The van der Waals surface area contributed by atoms with Crippen molar-refractivity contribution in [2.24, 2.45) is 0 Å². The zero-order valence-corrected chi connectivity index (χ0v) is 12.3. The summed E-state index contributed by atoms with van der Waals surface area (Å²) in [6.45, 7) is 4.34. The average Bonchev–Trinajstić information content (AvgIpc) is 2.45. The molecular weight excluding hydrogens is 254 g/mol. The van der Waals surface area contributed by atoms with Gasteiger partial charge in [0.15, 0.2) is 0 Å². The fourth-order valence-electron chi connectivity index (χ4n) is 1.84. The van der Waals surface area contributed by atoms with Crippen LogP contribution < -0.4 is 16.0 Å². The number of nitrogens with one attached hydrogen (secondary N) is 3. The first kappa shape index (κ1) is 16.2. The van der Waals surface area contributed by atoms with Crippen molar-refractivity contribution in [3.8, 4) is 0 Å². The Bertz CT molecular complexity index is 443. The molecule has 20 heavy (non-hydrogen) atoms. The first-order valence-electron chi connectivity index (χ1n) is 6.84. The van der Waals surface area contributed by atoms with Crippen molar-refractivity contribution < 1.29 is 9.59 Å². The van der Waals surface area contributed by atoms with E-state index in [2.05, 4.69) is 16.0 Å². The largest absolute Gasteiger partial charge is 0.358 e. The molecule has 0 spiro atoms. The lowest BCUT2D eigenvalue weighted by Crippen LogP contribution is -2.39. The van der Waals surface area contributed by atoms with Crippen LogP contribution in [0.1, 0.15) is 30.5 Å². The van der Waals surface area contributed by atoms with Crippen LogP contribution in [-0.4, -0.2) is 32.0 Å². The summed E-state index contributed by atoms with van der Waals surface area (Å²) in [4.78, 5) is 22.8. The molecule has 2 amide bonds. The third-order valence-electron chi connectivity index (χ3n) is 3.07. The second kappa shape index (κ2) is 8.32. The van der Waals surface area contributed by atoms with Crippen LogP contribution in [0.2, 0.25) is 0 Å². The Balaban J connectivity index is 2.45. The van der Waals surface area contributed by atoms with Gasteiger partial charge < -0.3 is 10.6 Å². The SMILES string of the molecule is CC[C@@H](NC(=O)CNCC(=O)NC)c1ccc(C)cc1. The van der Waals surface area contributed by atoms with Gasteiger partial charge in [-0.1, -0.05) is 36.8 Å². The minimum Gasteiger partial charge on any atom is -0.358 e. The quantitative estimate of drug-likeness (QED) is 0.693. The van der Waals surface area contributed by atoms with E-state index in [0.29, 0.717) is 0 Å². The summed E-state index contributed by atoms with van der Waals surface area (Å²) in [5.74, 6) is -0.246. The fraction of sp³-hybridized carbons (Fsp3) is 0.467. The molecule has 5 nitrogen and oxygen atoms in total. The van der Waals surface area contributed by atoms with Crippen LogP contribution in [0, 0.1) is 6.92 Å². The first-order chi connectivity index (χ1) is 9.56. The third kappa shape index (κ3) is 5.40. The third-order valence-corrected chi connectivity index (χ3v) is 3.07. The molecule has 0 aliphatic carbocycles. The monoisotopic (exact) mass is 277 g/mol. The van der Waals surface area contributed by atoms with Crippen LogP contribution in [0.4, 0.5) is 0 Å². The molecular formula is C15H23N3O2. The highest BCUT2D eigenvalue weighted by Crippen LogP contribution is 2.16. The zero-order valence-electron chi connectivity index (χ0n) is 12.3. The van der Waals surface area contributed by atoms with Crippen LogP contribution in [-0.2, 0) is 9.59 Å². The van der Waals surface area contributed by atoms with Crippen molar-refractivity contribution in [2.45, 2.75) is 26.3 Å². The van der Waals surface area contributed by atoms with E-state index in [1.165, 1.54) is 5.56 Å². The van der Waals surface area contributed by atoms with Crippen LogP contribution in [0.3, 0.4) is 0 Å². The number of hydrogen-bond acceptors (Lipinski definition) is 3. The molecule has 1 rings (SSSR count). The molecule has 0 aromatic heterocycles. The number of carbonyl (C=O) groups excluding carboxylic acids is 2. The highest BCUT2D eigenvalue weighted by molar-refractivity contribution is 5.81. The minimum atomic E-state index is -0.136. The lowest BCUT2D eigenvalue weighted by atomic mass is 10.0. The van der Waals surface area contributed by atoms with Crippen molar-refractivity contribution in [3.63, 3.8) is 0 Å². The normalized spacial score (nSPS) is 11.8. The standard InChI is InChI=1S/C15H23N3O2/c1-4-13(12-7-5-11(2)6-8-12)18-15(20)10-17-9-14(19)16-3/h5-8,13,17H,4,9-10H2,1-3H3,(H,16,19)(H,18,20)/t13-/m1/s1. The molecule has 110 valence electrons. The highest BCUT2D eigenvalue weighted by Gasteiger charge is 2.12. The maximum Gasteiger partial charge on any atom is 0.234 e. The first-order valence-corrected chi connectivity index (χ1v) is 6.84. The summed E-state index contributed by atoms with van der Waals surface area (Å²) in [7, 11) is 1.56. The van der Waals surface area contributed by atoms with Gasteiger partial charge in [0.1, 0.15) is 0 Å². The second-order valence-corrected chi connectivity index (χ2v) is 4.72. The summed E-state index contributed by atoms with van der Waals surface area (Å²) >= 11 is 0. The zero-order chi connectivity index (χ0) is 15.0. The summed E-state index contributed by atoms with van der Waals surface area (Å²) in [6.07, 6.45) is 0.824. The van der Waals surface area contributed by atoms with Gasteiger partial charge in [0.25, 0.3) is 0 Å². The van der Waals surface area contributed by atoms with Gasteiger partial charge in [-0.3, -0.25) is 14.9 Å². The van der Waals surface area contributed by atoms with E-state index in [1.54, 1.807) is 7.05 Å². The molecule has 0 radical (unpaired) electrons. The highest BCUT2D eigenvalue weighted by atomic mass is 16.2. The van der Waals surface area contributed by atoms with Gasteiger partial charge in [0.05, 0.1) is 19.1 Å². The summed E-state index contributed by atoms with van der Waals surface area (Å²) in [5, 5.41) is 8.25. The van der Waals surface area contributed by atoms with Crippen LogP contribution >= 0.6 is 0 Å². The summed E-state index contributed by atoms with van der Waals surface area (Å²) in [6, 6.07) is 8.13. The van der Waals surface area contributed by atoms with E-state index in [1.807, 2.05) is 38.1 Å². The fourth-order valence-corrected chi connectivity index (χ4v) is 1.84. The Labute approximate surface area is 120 Å². The molecule has 0 fully saturated rings. The van der Waals surface area contributed by atoms with E-state index in [-0.39, 0.29) is 30.9 Å².